The van der Waals surface area contributed by atoms with Crippen molar-refractivity contribution in [2.24, 2.45) is 0 Å². The third kappa shape index (κ3) is 4.95. The van der Waals surface area contributed by atoms with Crippen LogP contribution in [0, 0.1) is 6.92 Å². The molecule has 0 bridgehead atoms. The maximum atomic E-state index is 13.1. The molecule has 0 unspecified atom stereocenters. The summed E-state index contributed by atoms with van der Waals surface area (Å²) >= 11 is 0. The molecular weight excluding hydrogens is 460 g/mol. The van der Waals surface area contributed by atoms with Crippen LogP contribution in [0.4, 0.5) is 0 Å². The van der Waals surface area contributed by atoms with Gasteiger partial charge in [0, 0.05) is 31.3 Å². The predicted octanol–water partition coefficient (Wildman–Crippen LogP) is 3.35. The van der Waals surface area contributed by atoms with Gasteiger partial charge in [0.2, 0.25) is 6.79 Å². The van der Waals surface area contributed by atoms with E-state index in [0.29, 0.717) is 31.8 Å². The number of fused-ring (bicyclic) bond motifs is 2. The van der Waals surface area contributed by atoms with Crippen molar-refractivity contribution in [3.8, 4) is 11.5 Å². The highest BCUT2D eigenvalue weighted by Crippen LogP contribution is 2.34. The van der Waals surface area contributed by atoms with Gasteiger partial charge in [0.15, 0.2) is 17.3 Å². The molecule has 4 aromatic rings. The van der Waals surface area contributed by atoms with Crippen LogP contribution in [0.25, 0.3) is 10.9 Å². The Morgan fingerprint density at radius 3 is 2.83 bits per heavy atom. The molecule has 0 amide bonds. The summed E-state index contributed by atoms with van der Waals surface area (Å²) in [5.41, 5.74) is 3.56. The van der Waals surface area contributed by atoms with Crippen LogP contribution < -0.4 is 15.0 Å². The van der Waals surface area contributed by atoms with E-state index >= 15 is 0 Å². The minimum atomic E-state index is -0.129. The molecule has 0 radical (unpaired) electrons. The van der Waals surface area contributed by atoms with Crippen molar-refractivity contribution in [1.82, 2.24) is 30.1 Å². The molecule has 1 atom stereocenters. The van der Waals surface area contributed by atoms with Crippen LogP contribution in [0.15, 0.2) is 47.3 Å². The number of hydrogen-bond donors (Lipinski definition) is 1. The molecule has 0 spiro atoms. The van der Waals surface area contributed by atoms with E-state index in [0.717, 1.165) is 45.8 Å². The van der Waals surface area contributed by atoms with Gasteiger partial charge < -0.3 is 19.2 Å². The van der Waals surface area contributed by atoms with Gasteiger partial charge in [0.25, 0.3) is 5.56 Å². The van der Waals surface area contributed by atoms with Crippen LogP contribution in [-0.2, 0) is 24.4 Å². The highest BCUT2D eigenvalue weighted by molar-refractivity contribution is 5.79. The standard InChI is InChI=1S/C26H30N6O4/c1-4-22(25-28-29-30-32(25)9-10-34-3)31(14-18-6-8-23-24(12-18)36-16-35-23)15-20-13-19-7-5-17(2)11-21(19)27-26(20)33/h5-8,11-13,22H,4,9-10,14-16H2,1-3H3,(H,27,33)/t22-/m0/s1. The summed E-state index contributed by atoms with van der Waals surface area (Å²) in [5, 5.41) is 13.5. The number of hydrogen-bond acceptors (Lipinski definition) is 8. The molecule has 2 aromatic heterocycles. The van der Waals surface area contributed by atoms with E-state index in [-0.39, 0.29) is 18.4 Å². The van der Waals surface area contributed by atoms with E-state index in [1.165, 1.54) is 0 Å². The summed E-state index contributed by atoms with van der Waals surface area (Å²) in [5.74, 6) is 2.20. The first-order chi connectivity index (χ1) is 17.6. The lowest BCUT2D eigenvalue weighted by atomic mass is 10.1. The van der Waals surface area contributed by atoms with Gasteiger partial charge in [-0.3, -0.25) is 9.69 Å². The minimum absolute atomic E-state index is 0.0994. The molecule has 10 heteroatoms. The maximum Gasteiger partial charge on any atom is 0.252 e. The predicted molar refractivity (Wildman–Crippen MR) is 134 cm³/mol. The number of nitrogens with zero attached hydrogens (tertiary/aromatic N) is 5. The molecule has 0 aliphatic carbocycles. The van der Waals surface area contributed by atoms with E-state index in [9.17, 15) is 4.79 Å². The van der Waals surface area contributed by atoms with E-state index in [1.807, 2.05) is 49.4 Å². The third-order valence-electron chi connectivity index (χ3n) is 6.47. The van der Waals surface area contributed by atoms with E-state index in [1.54, 1.807) is 11.8 Å². The van der Waals surface area contributed by atoms with Crippen LogP contribution in [0.5, 0.6) is 11.5 Å². The number of aromatic nitrogens is 5. The number of nitrogens with one attached hydrogen (secondary N) is 1. The van der Waals surface area contributed by atoms with E-state index in [2.05, 4.69) is 32.3 Å². The number of benzene rings is 2. The summed E-state index contributed by atoms with van der Waals surface area (Å²) in [6, 6.07) is 13.9. The van der Waals surface area contributed by atoms with Crippen LogP contribution in [0.2, 0.25) is 0 Å². The SMILES string of the molecule is CC[C@@H](c1nnnn1CCOC)N(Cc1ccc2c(c1)OCO2)Cc1cc2ccc(C)cc2[nH]c1=O. The Balaban J connectivity index is 1.52. The number of rotatable bonds is 10. The van der Waals surface area contributed by atoms with Gasteiger partial charge in [0.05, 0.1) is 19.2 Å². The summed E-state index contributed by atoms with van der Waals surface area (Å²) in [6.45, 7) is 6.36. The topological polar surface area (TPSA) is 107 Å². The molecule has 1 aliphatic heterocycles. The average molecular weight is 491 g/mol. The number of pyridine rings is 1. The molecule has 3 heterocycles. The van der Waals surface area contributed by atoms with Crippen LogP contribution in [-0.4, -0.2) is 50.6 Å². The van der Waals surface area contributed by atoms with Gasteiger partial charge >= 0.3 is 0 Å². The van der Waals surface area contributed by atoms with Gasteiger partial charge in [-0.15, -0.1) is 5.10 Å². The zero-order valence-corrected chi connectivity index (χ0v) is 20.7. The summed E-state index contributed by atoms with van der Waals surface area (Å²) in [4.78, 5) is 18.4. The lowest BCUT2D eigenvalue weighted by Gasteiger charge is -2.30. The molecule has 1 aliphatic rings. The van der Waals surface area contributed by atoms with Crippen molar-refractivity contribution in [2.45, 2.75) is 45.9 Å². The average Bonchev–Trinajstić information content (AvgIpc) is 3.53. The fraction of sp³-hybridized carbons (Fsp3) is 0.385. The first-order valence-electron chi connectivity index (χ1n) is 12.1. The number of ether oxygens (including phenoxy) is 3. The first kappa shape index (κ1) is 24.0. The van der Waals surface area contributed by atoms with Crippen molar-refractivity contribution in [3.05, 3.63) is 75.3 Å². The highest BCUT2D eigenvalue weighted by atomic mass is 16.7. The zero-order chi connectivity index (χ0) is 25.1. The molecule has 0 saturated carbocycles. The second-order valence-electron chi connectivity index (χ2n) is 8.98. The van der Waals surface area contributed by atoms with Gasteiger partial charge in [-0.1, -0.05) is 25.1 Å². The largest absolute Gasteiger partial charge is 0.454 e. The van der Waals surface area contributed by atoms with Crippen LogP contribution in [0.1, 0.15) is 41.9 Å². The summed E-state index contributed by atoms with van der Waals surface area (Å²) in [7, 11) is 1.65. The summed E-state index contributed by atoms with van der Waals surface area (Å²) < 4.78 is 18.1. The molecule has 188 valence electrons. The molecule has 1 N–H and O–H groups in total. The lowest BCUT2D eigenvalue weighted by molar-refractivity contribution is 0.150. The Hall–Kier alpha value is -3.76. The Morgan fingerprint density at radius 1 is 1.14 bits per heavy atom. The van der Waals surface area contributed by atoms with Crippen molar-refractivity contribution in [3.63, 3.8) is 0 Å². The van der Waals surface area contributed by atoms with Gasteiger partial charge in [0.1, 0.15) is 0 Å². The Labute approximate surface area is 208 Å². The second kappa shape index (κ2) is 10.5. The number of methoxy groups -OCH3 is 1. The molecule has 2 aromatic carbocycles. The lowest BCUT2D eigenvalue weighted by Crippen LogP contribution is -2.32. The number of aromatic amines is 1. The van der Waals surface area contributed by atoms with Crippen LogP contribution >= 0.6 is 0 Å². The Morgan fingerprint density at radius 2 is 2.00 bits per heavy atom. The molecule has 0 saturated heterocycles. The van der Waals surface area contributed by atoms with Gasteiger partial charge in [-0.25, -0.2) is 4.68 Å². The monoisotopic (exact) mass is 490 g/mol. The molecular formula is C26H30N6O4. The van der Waals surface area contributed by atoms with E-state index in [4.69, 9.17) is 14.2 Å². The highest BCUT2D eigenvalue weighted by Gasteiger charge is 2.26. The maximum absolute atomic E-state index is 13.1. The van der Waals surface area contributed by atoms with Crippen molar-refractivity contribution >= 4 is 10.9 Å². The molecule has 36 heavy (non-hydrogen) atoms. The quantitative estimate of drug-likeness (QED) is 0.361. The smallest absolute Gasteiger partial charge is 0.252 e. The summed E-state index contributed by atoms with van der Waals surface area (Å²) in [6.07, 6.45) is 0.753. The minimum Gasteiger partial charge on any atom is -0.454 e. The Kier molecular flexibility index (Phi) is 6.97. The third-order valence-corrected chi connectivity index (χ3v) is 6.47. The first-order valence-corrected chi connectivity index (χ1v) is 12.1. The fourth-order valence-electron chi connectivity index (χ4n) is 4.64. The second-order valence-corrected chi connectivity index (χ2v) is 8.98. The van der Waals surface area contributed by atoms with Crippen molar-refractivity contribution in [2.75, 3.05) is 20.5 Å². The van der Waals surface area contributed by atoms with E-state index < -0.39 is 0 Å². The van der Waals surface area contributed by atoms with Crippen LogP contribution in [0.3, 0.4) is 0 Å². The molecule has 5 rings (SSSR count). The Bertz CT molecular complexity index is 1420. The number of tetrazole rings is 1. The van der Waals surface area contributed by atoms with Crippen molar-refractivity contribution in [1.29, 1.82) is 0 Å². The number of H-pyrrole nitrogens is 1. The normalized spacial score (nSPS) is 13.6. The van der Waals surface area contributed by atoms with Crippen molar-refractivity contribution < 1.29 is 14.2 Å². The fourth-order valence-corrected chi connectivity index (χ4v) is 4.64. The van der Waals surface area contributed by atoms with Gasteiger partial charge in [-0.05, 0) is 64.5 Å². The molecule has 10 nitrogen and oxygen atoms in total. The zero-order valence-electron chi connectivity index (χ0n) is 20.7. The van der Waals surface area contributed by atoms with Gasteiger partial charge in [-0.2, -0.15) is 0 Å². The number of aryl methyl sites for hydroxylation is 1. The molecule has 0 fully saturated rings.